The minimum absolute atomic E-state index is 0.494. The fraction of sp³-hybridized carbons (Fsp3) is 0.333. The van der Waals surface area contributed by atoms with Crippen LogP contribution in [-0.4, -0.2) is 25.6 Å². The van der Waals surface area contributed by atoms with E-state index in [9.17, 15) is 0 Å². The third-order valence-corrected chi connectivity index (χ3v) is 1.03. The van der Waals surface area contributed by atoms with Gasteiger partial charge < -0.3 is 11.1 Å². The number of aliphatic imine (C=N–C) groups is 2. The molecule has 0 fully saturated rings. The summed E-state index contributed by atoms with van der Waals surface area (Å²) >= 11 is 0. The number of nitrogens with zero attached hydrogens (tertiary/aromatic N) is 2. The first-order valence-electron chi connectivity index (χ1n) is 3.11. The lowest BCUT2D eigenvalue weighted by Crippen LogP contribution is -2.09. The summed E-state index contributed by atoms with van der Waals surface area (Å²) in [6.45, 7) is 1.13. The predicted octanol–water partition coefficient (Wildman–Crippen LogP) is -0.511. The smallest absolute Gasteiger partial charge is 0.127 e. The molecule has 4 heteroatoms. The van der Waals surface area contributed by atoms with Crippen molar-refractivity contribution >= 4 is 12.6 Å². The molecule has 0 aromatic heterocycles. The van der Waals surface area contributed by atoms with Crippen molar-refractivity contribution in [3.05, 3.63) is 11.9 Å². The highest BCUT2D eigenvalue weighted by Gasteiger charge is 1.89. The Bertz CT molecular complexity index is 180. The molecule has 3 N–H and O–H groups in total. The van der Waals surface area contributed by atoms with Gasteiger partial charge in [0.05, 0.1) is 12.9 Å². The zero-order chi connectivity index (χ0) is 7.23. The van der Waals surface area contributed by atoms with Crippen LogP contribution < -0.4 is 11.1 Å². The topological polar surface area (TPSA) is 62.8 Å². The second-order valence-corrected chi connectivity index (χ2v) is 1.78. The van der Waals surface area contributed by atoms with Crippen LogP contribution in [0.4, 0.5) is 0 Å². The molecule has 1 aliphatic heterocycles. The van der Waals surface area contributed by atoms with E-state index in [-0.39, 0.29) is 0 Å². The molecule has 0 amide bonds. The molecule has 0 aromatic rings. The minimum atomic E-state index is 0.494. The molecule has 0 atom stereocenters. The van der Waals surface area contributed by atoms with E-state index in [0.717, 1.165) is 5.82 Å². The van der Waals surface area contributed by atoms with Gasteiger partial charge in [-0.25, -0.2) is 4.99 Å². The average molecular weight is 138 g/mol. The Morgan fingerprint density at radius 3 is 3.50 bits per heavy atom. The van der Waals surface area contributed by atoms with Crippen molar-refractivity contribution in [3.8, 4) is 0 Å². The van der Waals surface area contributed by atoms with Crippen LogP contribution >= 0.6 is 0 Å². The number of hydrogen-bond donors (Lipinski definition) is 2. The van der Waals surface area contributed by atoms with Crippen molar-refractivity contribution in [1.82, 2.24) is 5.32 Å². The quantitative estimate of drug-likeness (QED) is 0.512. The normalized spacial score (nSPS) is 20.7. The molecule has 0 saturated carbocycles. The van der Waals surface area contributed by atoms with Crippen LogP contribution in [0.3, 0.4) is 0 Å². The Kier molecular flexibility index (Phi) is 2.63. The summed E-state index contributed by atoms with van der Waals surface area (Å²) in [5.41, 5.74) is 5.28. The fourth-order valence-corrected chi connectivity index (χ4v) is 0.611. The number of nitrogens with two attached hydrogens (primary N) is 1. The molecule has 54 valence electrons. The minimum Gasteiger partial charge on any atom is -0.332 e. The molecule has 1 heterocycles. The first-order valence-corrected chi connectivity index (χ1v) is 3.11. The maximum Gasteiger partial charge on any atom is 0.127 e. The van der Waals surface area contributed by atoms with Gasteiger partial charge >= 0.3 is 0 Å². The van der Waals surface area contributed by atoms with Crippen LogP contribution in [0.2, 0.25) is 0 Å². The van der Waals surface area contributed by atoms with Crippen molar-refractivity contribution in [2.45, 2.75) is 0 Å². The lowest BCUT2D eigenvalue weighted by molar-refractivity contribution is 1.07. The summed E-state index contributed by atoms with van der Waals surface area (Å²) in [6.07, 6.45) is 5.15. The van der Waals surface area contributed by atoms with Gasteiger partial charge in [0.25, 0.3) is 0 Å². The molecule has 1 aliphatic rings. The van der Waals surface area contributed by atoms with Gasteiger partial charge in [-0.15, -0.1) is 0 Å². The zero-order valence-electron chi connectivity index (χ0n) is 5.62. The van der Waals surface area contributed by atoms with E-state index >= 15 is 0 Å². The number of nitrogens with one attached hydrogen (secondary N) is 1. The summed E-state index contributed by atoms with van der Waals surface area (Å²) in [5.74, 6) is 0.767. The third-order valence-electron chi connectivity index (χ3n) is 1.03. The molecular formula is C6H10N4. The van der Waals surface area contributed by atoms with E-state index in [1.165, 1.54) is 0 Å². The van der Waals surface area contributed by atoms with E-state index in [2.05, 4.69) is 15.3 Å². The van der Waals surface area contributed by atoms with Gasteiger partial charge in [-0.05, 0) is 6.08 Å². The van der Waals surface area contributed by atoms with Gasteiger partial charge in [-0.3, -0.25) is 4.99 Å². The Morgan fingerprint density at radius 1 is 1.80 bits per heavy atom. The average Bonchev–Trinajstić information content (AvgIpc) is 2.17. The van der Waals surface area contributed by atoms with E-state index < -0.39 is 0 Å². The van der Waals surface area contributed by atoms with Crippen LogP contribution in [0.1, 0.15) is 0 Å². The molecule has 0 saturated heterocycles. The van der Waals surface area contributed by atoms with Crippen molar-refractivity contribution in [1.29, 1.82) is 0 Å². The molecular weight excluding hydrogens is 128 g/mol. The SMILES string of the molecule is NC/C=C1/N=CCN=CN1. The Balaban J connectivity index is 2.59. The number of hydrogen-bond acceptors (Lipinski definition) is 4. The van der Waals surface area contributed by atoms with Gasteiger partial charge in [0, 0.05) is 12.8 Å². The molecule has 0 unspecified atom stereocenters. The molecule has 4 nitrogen and oxygen atoms in total. The second kappa shape index (κ2) is 3.79. The molecule has 10 heavy (non-hydrogen) atoms. The van der Waals surface area contributed by atoms with Crippen LogP contribution in [0.15, 0.2) is 21.9 Å². The van der Waals surface area contributed by atoms with Crippen LogP contribution in [0.5, 0.6) is 0 Å². The van der Waals surface area contributed by atoms with Crippen molar-refractivity contribution in [3.63, 3.8) is 0 Å². The largest absolute Gasteiger partial charge is 0.332 e. The van der Waals surface area contributed by atoms with Crippen molar-refractivity contribution in [2.75, 3.05) is 13.1 Å². The fourth-order valence-electron chi connectivity index (χ4n) is 0.611. The lowest BCUT2D eigenvalue weighted by Gasteiger charge is -1.95. The third kappa shape index (κ3) is 1.99. The highest BCUT2D eigenvalue weighted by atomic mass is 15.1. The van der Waals surface area contributed by atoms with E-state index in [1.54, 1.807) is 18.6 Å². The van der Waals surface area contributed by atoms with Gasteiger partial charge in [0.1, 0.15) is 5.82 Å². The summed E-state index contributed by atoms with van der Waals surface area (Å²) in [5, 5.41) is 2.87. The molecule has 0 spiro atoms. The van der Waals surface area contributed by atoms with Crippen molar-refractivity contribution < 1.29 is 0 Å². The lowest BCUT2D eigenvalue weighted by atomic mass is 10.5. The van der Waals surface area contributed by atoms with Gasteiger partial charge in [0.2, 0.25) is 0 Å². The Hall–Kier alpha value is -1.16. The number of rotatable bonds is 1. The summed E-state index contributed by atoms with van der Waals surface area (Å²) in [4.78, 5) is 7.97. The Labute approximate surface area is 59.5 Å². The summed E-state index contributed by atoms with van der Waals surface area (Å²) < 4.78 is 0. The van der Waals surface area contributed by atoms with Gasteiger partial charge in [-0.1, -0.05) is 0 Å². The van der Waals surface area contributed by atoms with Crippen LogP contribution in [-0.2, 0) is 0 Å². The standard InChI is InChI=1S/C6H10N4/c7-2-1-6-9-4-3-8-5-10-6/h1,4-5H,2-3,7H2,(H,8,10)/b6-1-. The Morgan fingerprint density at radius 2 is 2.70 bits per heavy atom. The zero-order valence-corrected chi connectivity index (χ0v) is 5.62. The molecule has 0 bridgehead atoms. The highest BCUT2D eigenvalue weighted by Crippen LogP contribution is 1.89. The monoisotopic (exact) mass is 138 g/mol. The van der Waals surface area contributed by atoms with E-state index in [0.29, 0.717) is 13.1 Å². The van der Waals surface area contributed by atoms with Crippen LogP contribution in [0.25, 0.3) is 0 Å². The maximum atomic E-state index is 5.28. The van der Waals surface area contributed by atoms with E-state index in [4.69, 9.17) is 5.73 Å². The van der Waals surface area contributed by atoms with E-state index in [1.807, 2.05) is 0 Å². The highest BCUT2D eigenvalue weighted by molar-refractivity contribution is 5.69. The molecule has 0 aliphatic carbocycles. The molecule has 1 rings (SSSR count). The summed E-state index contributed by atoms with van der Waals surface area (Å²) in [7, 11) is 0. The summed E-state index contributed by atoms with van der Waals surface area (Å²) in [6, 6.07) is 0. The van der Waals surface area contributed by atoms with Gasteiger partial charge in [-0.2, -0.15) is 0 Å². The maximum absolute atomic E-state index is 5.28. The van der Waals surface area contributed by atoms with Gasteiger partial charge in [0.15, 0.2) is 0 Å². The molecule has 0 aromatic carbocycles. The van der Waals surface area contributed by atoms with Crippen molar-refractivity contribution in [2.24, 2.45) is 15.7 Å². The molecule has 0 radical (unpaired) electrons. The van der Waals surface area contributed by atoms with Crippen LogP contribution in [0, 0.1) is 0 Å². The first kappa shape index (κ1) is 6.95. The second-order valence-electron chi connectivity index (χ2n) is 1.78. The first-order chi connectivity index (χ1) is 4.93. The predicted molar refractivity (Wildman–Crippen MR) is 42.1 cm³/mol.